The maximum Gasteiger partial charge on any atom is 0.597 e. The van der Waals surface area contributed by atoms with E-state index in [-0.39, 0.29) is 39.2 Å². The fraction of sp³-hybridized carbons (Fsp3) is 0.175. The van der Waals surface area contributed by atoms with Crippen LogP contribution in [-0.2, 0) is 0 Å². The zero-order valence-electron chi connectivity index (χ0n) is 29.7. The monoisotopic (exact) mass is 813 g/mol. The second kappa shape index (κ2) is 13.1. The molecule has 0 N–H and O–H groups in total. The molecule has 3 aliphatic rings. The molecule has 0 radical (unpaired) electrons. The van der Waals surface area contributed by atoms with Gasteiger partial charge in [-0.2, -0.15) is 35.1 Å². The van der Waals surface area contributed by atoms with Crippen LogP contribution in [0.4, 0.5) is 39.4 Å². The van der Waals surface area contributed by atoms with E-state index in [0.29, 0.717) is 34.1 Å². The Hall–Kier alpha value is -5.77. The number of hydrogen-bond donors (Lipinski definition) is 0. The molecule has 2 aromatic heterocycles. The van der Waals surface area contributed by atoms with Crippen LogP contribution in [0.25, 0.3) is 16.7 Å². The molecule has 17 heteroatoms. The largest absolute Gasteiger partial charge is 0.597 e. The molecule has 0 saturated carbocycles. The number of hydrogen-bond acceptors (Lipinski definition) is 4. The number of rotatable bonds is 10. The van der Waals surface area contributed by atoms with Gasteiger partial charge in [0.25, 0.3) is 0 Å². The molecule has 3 aromatic carbocycles. The van der Waals surface area contributed by atoms with Crippen molar-refractivity contribution in [2.45, 2.75) is 23.1 Å². The lowest BCUT2D eigenvalue weighted by Crippen LogP contribution is -2.61. The lowest BCUT2D eigenvalue weighted by molar-refractivity contribution is -0.337. The van der Waals surface area contributed by atoms with Gasteiger partial charge >= 0.3 is 30.4 Å². The number of allylic oxidation sites excluding steroid dienone is 2. The predicted molar refractivity (Wildman–Crippen MR) is 196 cm³/mol. The number of aliphatic imine (C=N–C) groups is 1. The van der Waals surface area contributed by atoms with Crippen molar-refractivity contribution in [3.8, 4) is 17.2 Å². The fourth-order valence-electron chi connectivity index (χ4n) is 7.34. The van der Waals surface area contributed by atoms with Gasteiger partial charge in [0, 0.05) is 38.8 Å². The number of benzene rings is 3. The first kappa shape index (κ1) is 38.1. The predicted octanol–water partition coefficient (Wildman–Crippen LogP) is 8.32. The smallest absolute Gasteiger partial charge is 0.497 e. The van der Waals surface area contributed by atoms with Crippen molar-refractivity contribution in [3.05, 3.63) is 153 Å². The first-order valence-corrected chi connectivity index (χ1v) is 17.4. The Balaban J connectivity index is 1.55. The summed E-state index contributed by atoms with van der Waals surface area (Å²) < 4.78 is 158. The minimum absolute atomic E-state index is 0.0144. The standard InChI is InChI=1S/C40H26BClF9N3O3/c1-55-24-10-4-21(5-11-24)33-28-20-27(37(43,44)38(45,46)39(47,48)40(42,49)50)36(52-28)35(23-8-14-26(57-3)15-9-23)32-19-18-31-34(22-6-12-25(56-2)13-7-22)30-17-16-29(33)53(30)41(51)54(31)32/h4-20H,1-3H3. The van der Waals surface area contributed by atoms with Crippen molar-refractivity contribution < 1.29 is 53.6 Å². The molecular formula is C40H26BClF9N3O3. The Morgan fingerprint density at radius 1 is 0.544 bits per heavy atom. The molecule has 8 rings (SSSR count). The topological polar surface area (TPSA) is 49.9 Å². The highest BCUT2D eigenvalue weighted by Crippen LogP contribution is 2.58. The van der Waals surface area contributed by atoms with Gasteiger partial charge in [-0.1, -0.05) is 36.4 Å². The zero-order valence-corrected chi connectivity index (χ0v) is 30.5. The molecule has 0 atom stereocenters. The summed E-state index contributed by atoms with van der Waals surface area (Å²) in [6.07, 6.45) is 0.435. The van der Waals surface area contributed by atoms with Crippen LogP contribution < -0.4 is 24.9 Å². The fourth-order valence-corrected chi connectivity index (χ4v) is 7.46. The number of fused-ring (bicyclic) bond motifs is 1. The van der Waals surface area contributed by atoms with E-state index in [4.69, 9.17) is 14.2 Å². The Bertz CT molecular complexity index is 2660. The lowest BCUT2D eigenvalue weighted by atomic mass is 9.88. The second-order valence-electron chi connectivity index (χ2n) is 13.2. The summed E-state index contributed by atoms with van der Waals surface area (Å²) in [5.41, 5.74) is -2.58. The highest BCUT2D eigenvalue weighted by molar-refractivity contribution is 6.49. The van der Waals surface area contributed by atoms with Gasteiger partial charge in [-0.15, -0.1) is 0 Å². The summed E-state index contributed by atoms with van der Waals surface area (Å²) in [5.74, 6) is -18.5. The maximum atomic E-state index is 17.7. The summed E-state index contributed by atoms with van der Waals surface area (Å²) in [4.78, 5) is 4.44. The van der Waals surface area contributed by atoms with Gasteiger partial charge in [0.1, 0.15) is 17.2 Å². The third-order valence-electron chi connectivity index (χ3n) is 10.2. The van der Waals surface area contributed by atoms with Gasteiger partial charge in [0.2, 0.25) is 0 Å². The van der Waals surface area contributed by atoms with Gasteiger partial charge < -0.3 is 23.2 Å². The molecule has 0 fully saturated rings. The van der Waals surface area contributed by atoms with E-state index in [9.17, 15) is 17.6 Å². The van der Waals surface area contributed by atoms with Crippen LogP contribution in [0.15, 0.2) is 119 Å². The molecule has 4 bridgehead atoms. The number of nitrogens with zero attached hydrogens (tertiary/aromatic N) is 3. The molecule has 0 amide bonds. The maximum absolute atomic E-state index is 17.7. The Labute approximate surface area is 323 Å². The third kappa shape index (κ3) is 5.54. The molecule has 0 aliphatic carbocycles. The average molecular weight is 814 g/mol. The molecule has 0 saturated heterocycles. The van der Waals surface area contributed by atoms with Crippen molar-refractivity contribution in [1.29, 1.82) is 0 Å². The van der Waals surface area contributed by atoms with Crippen molar-refractivity contribution in [1.82, 2.24) is 8.96 Å². The minimum Gasteiger partial charge on any atom is -0.497 e. The first-order chi connectivity index (χ1) is 27.0. The number of alkyl halides is 9. The van der Waals surface area contributed by atoms with Gasteiger partial charge in [0.15, 0.2) is 0 Å². The van der Waals surface area contributed by atoms with Crippen LogP contribution in [-0.4, -0.2) is 66.4 Å². The Kier molecular flexibility index (Phi) is 8.79. The SMILES string of the molecule is COc1ccc(C2=C3N=C(C=C3C(F)(F)C(F)(F)C(F)(F)C(F)(F)Cl)C(c3ccc(OC)cc3)=c3ccc4n3B(F)n3c2ccc3C=4c2ccc(OC)cc2)cc1. The number of methoxy groups -OCH3 is 3. The van der Waals surface area contributed by atoms with E-state index < -0.39 is 53.0 Å². The molecule has 292 valence electrons. The Morgan fingerprint density at radius 3 is 1.42 bits per heavy atom. The van der Waals surface area contributed by atoms with Crippen molar-refractivity contribution in [2.24, 2.45) is 4.99 Å². The second-order valence-corrected chi connectivity index (χ2v) is 13.7. The van der Waals surface area contributed by atoms with E-state index in [1.165, 1.54) is 92.5 Å². The highest BCUT2D eigenvalue weighted by Gasteiger charge is 2.81. The molecular weight excluding hydrogens is 788 g/mol. The van der Waals surface area contributed by atoms with Gasteiger partial charge in [-0.05, 0) is 95.0 Å². The van der Waals surface area contributed by atoms with E-state index in [1.54, 1.807) is 30.3 Å². The van der Waals surface area contributed by atoms with Crippen LogP contribution in [0.3, 0.4) is 0 Å². The average Bonchev–Trinajstić information content (AvgIpc) is 3.94. The zero-order chi connectivity index (χ0) is 40.8. The van der Waals surface area contributed by atoms with Crippen molar-refractivity contribution >= 4 is 41.3 Å². The van der Waals surface area contributed by atoms with E-state index in [0.717, 1.165) is 4.48 Å². The van der Waals surface area contributed by atoms with Gasteiger partial charge in [-0.25, -0.2) is 4.99 Å². The quantitative estimate of drug-likeness (QED) is 0.0811. The molecule has 57 heavy (non-hydrogen) atoms. The molecule has 0 unspecified atom stereocenters. The molecule has 6 nitrogen and oxygen atoms in total. The summed E-state index contributed by atoms with van der Waals surface area (Å²) in [6.45, 7) is 0. The van der Waals surface area contributed by atoms with Gasteiger partial charge in [0.05, 0.1) is 38.3 Å². The van der Waals surface area contributed by atoms with E-state index >= 15 is 21.9 Å². The number of halogens is 10. The van der Waals surface area contributed by atoms with Crippen molar-refractivity contribution in [3.63, 3.8) is 0 Å². The lowest BCUT2D eigenvalue weighted by Gasteiger charge is -2.35. The molecule has 5 heterocycles. The Morgan fingerprint density at radius 2 is 0.965 bits per heavy atom. The summed E-state index contributed by atoms with van der Waals surface area (Å²) in [5, 5.41) is -5.76. The highest BCUT2D eigenvalue weighted by atomic mass is 35.5. The molecule has 3 aliphatic heterocycles. The van der Waals surface area contributed by atoms with E-state index in [1.807, 2.05) is 0 Å². The van der Waals surface area contributed by atoms with Crippen LogP contribution in [0.1, 0.15) is 28.1 Å². The summed E-state index contributed by atoms with van der Waals surface area (Å²) in [7, 11) is 2.09. The summed E-state index contributed by atoms with van der Waals surface area (Å²) in [6, 6.07) is 24.2. The number of ether oxygens (including phenoxy) is 3. The van der Waals surface area contributed by atoms with Crippen LogP contribution in [0.2, 0.25) is 0 Å². The minimum atomic E-state index is -6.80. The van der Waals surface area contributed by atoms with Crippen LogP contribution in [0, 0.1) is 0 Å². The van der Waals surface area contributed by atoms with Crippen molar-refractivity contribution in [2.75, 3.05) is 21.3 Å². The summed E-state index contributed by atoms with van der Waals surface area (Å²) >= 11 is 4.39. The van der Waals surface area contributed by atoms with Crippen LogP contribution >= 0.6 is 11.6 Å². The van der Waals surface area contributed by atoms with Crippen LogP contribution in [0.5, 0.6) is 17.2 Å². The molecule has 5 aromatic rings. The normalized spacial score (nSPS) is 15.5. The van der Waals surface area contributed by atoms with E-state index in [2.05, 4.69) is 16.6 Å². The third-order valence-corrected chi connectivity index (χ3v) is 10.4. The molecule has 0 spiro atoms. The number of aromatic nitrogens is 2. The van der Waals surface area contributed by atoms with Gasteiger partial charge in [-0.3, -0.25) is 4.32 Å². The first-order valence-electron chi connectivity index (χ1n) is 17.0.